The van der Waals surface area contributed by atoms with Crippen LogP contribution >= 0.6 is 0 Å². The normalized spacial score (nSPS) is 16.8. The molecule has 0 aliphatic rings. The van der Waals surface area contributed by atoms with Crippen LogP contribution in [0.3, 0.4) is 0 Å². The molecule has 0 heterocycles. The quantitative estimate of drug-likeness (QED) is 0.541. The van der Waals surface area contributed by atoms with E-state index >= 15 is 0 Å². The van der Waals surface area contributed by atoms with Gasteiger partial charge in [-0.05, 0) is 17.8 Å². The smallest absolute Gasteiger partial charge is 0.0228 e. The molecule has 0 aliphatic carbocycles. The van der Waals surface area contributed by atoms with Crippen LogP contribution in [0.1, 0.15) is 34.1 Å². The molecule has 0 aromatic rings. The van der Waals surface area contributed by atoms with Gasteiger partial charge in [-0.3, -0.25) is 0 Å². The third kappa shape index (κ3) is 3.75. The monoisotopic (exact) mass is 166 g/mol. The van der Waals surface area contributed by atoms with Crippen LogP contribution < -0.4 is 0 Å². The Hall–Kier alpha value is -0.520. The molecule has 0 fully saturated rings. The van der Waals surface area contributed by atoms with Crippen molar-refractivity contribution >= 4 is 0 Å². The first kappa shape index (κ1) is 11.5. The Morgan fingerprint density at radius 1 is 1.25 bits per heavy atom. The van der Waals surface area contributed by atoms with Gasteiger partial charge in [-0.2, -0.15) is 0 Å². The van der Waals surface area contributed by atoms with E-state index < -0.39 is 0 Å². The molecule has 0 bridgehead atoms. The summed E-state index contributed by atoms with van der Waals surface area (Å²) in [6, 6.07) is 0. The molecule has 0 aliphatic heterocycles. The lowest BCUT2D eigenvalue weighted by molar-refractivity contribution is 0.303. The standard InChI is InChI=1S/C12H22/c1-6-8-9-11(5)12(7-2)10(3)4/h6,8-12H,1,7H2,2-5H3. The molecule has 0 radical (unpaired) electrons. The lowest BCUT2D eigenvalue weighted by atomic mass is 9.82. The van der Waals surface area contributed by atoms with E-state index in [1.807, 2.05) is 6.08 Å². The molecule has 0 spiro atoms. The average molecular weight is 166 g/mol. The first-order valence-corrected chi connectivity index (χ1v) is 4.92. The molecule has 0 nitrogen and oxygen atoms in total. The zero-order chi connectivity index (χ0) is 9.56. The zero-order valence-corrected chi connectivity index (χ0v) is 8.88. The Kier molecular flexibility index (Phi) is 5.79. The van der Waals surface area contributed by atoms with Crippen molar-refractivity contribution in [2.75, 3.05) is 0 Å². The Bertz CT molecular complexity index is 142. The second-order valence-electron chi connectivity index (χ2n) is 3.80. The summed E-state index contributed by atoms with van der Waals surface area (Å²) >= 11 is 0. The van der Waals surface area contributed by atoms with Crippen LogP contribution in [-0.4, -0.2) is 0 Å². The van der Waals surface area contributed by atoms with E-state index in [4.69, 9.17) is 0 Å². The summed E-state index contributed by atoms with van der Waals surface area (Å²) in [4.78, 5) is 0. The van der Waals surface area contributed by atoms with E-state index in [1.165, 1.54) is 6.42 Å². The lowest BCUT2D eigenvalue weighted by Gasteiger charge is -2.23. The van der Waals surface area contributed by atoms with E-state index in [2.05, 4.69) is 46.4 Å². The van der Waals surface area contributed by atoms with Crippen LogP contribution in [0.4, 0.5) is 0 Å². The van der Waals surface area contributed by atoms with Gasteiger partial charge in [0.25, 0.3) is 0 Å². The minimum Gasteiger partial charge on any atom is -0.0991 e. The van der Waals surface area contributed by atoms with Crippen LogP contribution in [0.2, 0.25) is 0 Å². The molecule has 0 saturated heterocycles. The topological polar surface area (TPSA) is 0 Å². The summed E-state index contributed by atoms with van der Waals surface area (Å²) in [6.07, 6.45) is 7.42. The van der Waals surface area contributed by atoms with Crippen LogP contribution in [0.5, 0.6) is 0 Å². The minimum absolute atomic E-state index is 0.674. The van der Waals surface area contributed by atoms with E-state index in [1.54, 1.807) is 0 Å². The molecule has 0 N–H and O–H groups in total. The molecule has 12 heavy (non-hydrogen) atoms. The van der Waals surface area contributed by atoms with Crippen molar-refractivity contribution in [3.8, 4) is 0 Å². The third-order valence-corrected chi connectivity index (χ3v) is 2.55. The van der Waals surface area contributed by atoms with Gasteiger partial charge >= 0.3 is 0 Å². The fourth-order valence-corrected chi connectivity index (χ4v) is 1.85. The second-order valence-corrected chi connectivity index (χ2v) is 3.80. The molecule has 70 valence electrons. The fourth-order valence-electron chi connectivity index (χ4n) is 1.85. The van der Waals surface area contributed by atoms with Crippen molar-refractivity contribution in [2.24, 2.45) is 17.8 Å². The Morgan fingerprint density at radius 3 is 2.17 bits per heavy atom. The van der Waals surface area contributed by atoms with Crippen molar-refractivity contribution in [1.29, 1.82) is 0 Å². The maximum atomic E-state index is 3.68. The average Bonchev–Trinajstić information content (AvgIpc) is 2.01. The second kappa shape index (κ2) is 6.05. The maximum absolute atomic E-state index is 3.68. The van der Waals surface area contributed by atoms with Crippen LogP contribution in [0.15, 0.2) is 24.8 Å². The van der Waals surface area contributed by atoms with E-state index in [0.29, 0.717) is 5.92 Å². The van der Waals surface area contributed by atoms with Crippen molar-refractivity contribution in [3.63, 3.8) is 0 Å². The Balaban J connectivity index is 4.10. The zero-order valence-electron chi connectivity index (χ0n) is 8.88. The van der Waals surface area contributed by atoms with Gasteiger partial charge in [0.15, 0.2) is 0 Å². The molecule has 2 atom stereocenters. The lowest BCUT2D eigenvalue weighted by Crippen LogP contribution is -2.15. The van der Waals surface area contributed by atoms with Crippen LogP contribution in [-0.2, 0) is 0 Å². The van der Waals surface area contributed by atoms with E-state index in [-0.39, 0.29) is 0 Å². The molecule has 0 rings (SSSR count). The van der Waals surface area contributed by atoms with Crippen LogP contribution in [0, 0.1) is 17.8 Å². The first-order chi connectivity index (χ1) is 5.63. The van der Waals surface area contributed by atoms with Gasteiger partial charge < -0.3 is 0 Å². The van der Waals surface area contributed by atoms with Crippen LogP contribution in [0.25, 0.3) is 0 Å². The summed E-state index contributed by atoms with van der Waals surface area (Å²) in [5.41, 5.74) is 0. The molecule has 0 saturated carbocycles. The highest BCUT2D eigenvalue weighted by Gasteiger charge is 2.15. The van der Waals surface area contributed by atoms with Gasteiger partial charge in [0, 0.05) is 0 Å². The molecule has 0 aromatic carbocycles. The number of hydrogen-bond donors (Lipinski definition) is 0. The molecular formula is C12H22. The van der Waals surface area contributed by atoms with Gasteiger partial charge in [-0.25, -0.2) is 0 Å². The Morgan fingerprint density at radius 2 is 1.83 bits per heavy atom. The number of rotatable bonds is 5. The Labute approximate surface area is 77.4 Å². The highest BCUT2D eigenvalue weighted by Crippen LogP contribution is 2.24. The SMILES string of the molecule is C=CC=CC(C)C(CC)C(C)C. The molecule has 0 heteroatoms. The van der Waals surface area contributed by atoms with Crippen molar-refractivity contribution in [2.45, 2.75) is 34.1 Å². The predicted octanol–water partition coefficient (Wildman–Crippen LogP) is 4.05. The van der Waals surface area contributed by atoms with Gasteiger partial charge in [0.2, 0.25) is 0 Å². The van der Waals surface area contributed by atoms with Gasteiger partial charge in [0.05, 0.1) is 0 Å². The summed E-state index contributed by atoms with van der Waals surface area (Å²) in [5.74, 6) is 2.26. The van der Waals surface area contributed by atoms with Gasteiger partial charge in [-0.1, -0.05) is 58.9 Å². The minimum atomic E-state index is 0.674. The van der Waals surface area contributed by atoms with E-state index in [9.17, 15) is 0 Å². The highest BCUT2D eigenvalue weighted by molar-refractivity contribution is 5.00. The maximum Gasteiger partial charge on any atom is -0.0228 e. The fraction of sp³-hybridized carbons (Fsp3) is 0.667. The van der Waals surface area contributed by atoms with Crippen molar-refractivity contribution < 1.29 is 0 Å². The van der Waals surface area contributed by atoms with Gasteiger partial charge in [-0.15, -0.1) is 0 Å². The number of allylic oxidation sites excluding steroid dienone is 3. The molecule has 0 amide bonds. The number of hydrogen-bond acceptors (Lipinski definition) is 0. The summed E-state index contributed by atoms with van der Waals surface area (Å²) in [6.45, 7) is 12.8. The summed E-state index contributed by atoms with van der Waals surface area (Å²) < 4.78 is 0. The predicted molar refractivity (Wildman–Crippen MR) is 57.1 cm³/mol. The third-order valence-electron chi connectivity index (χ3n) is 2.55. The first-order valence-electron chi connectivity index (χ1n) is 4.92. The largest absolute Gasteiger partial charge is 0.0991 e. The van der Waals surface area contributed by atoms with Crippen molar-refractivity contribution in [3.05, 3.63) is 24.8 Å². The molecule has 0 aromatic heterocycles. The molecule has 2 unspecified atom stereocenters. The van der Waals surface area contributed by atoms with E-state index in [0.717, 1.165) is 11.8 Å². The summed E-state index contributed by atoms with van der Waals surface area (Å²) in [5, 5.41) is 0. The molecular weight excluding hydrogens is 144 g/mol. The van der Waals surface area contributed by atoms with Crippen molar-refractivity contribution in [1.82, 2.24) is 0 Å². The van der Waals surface area contributed by atoms with Gasteiger partial charge in [0.1, 0.15) is 0 Å². The highest BCUT2D eigenvalue weighted by atomic mass is 14.2. The summed E-state index contributed by atoms with van der Waals surface area (Å²) in [7, 11) is 0.